The largest absolute Gasteiger partial charge is 0.319 e. The molecule has 0 radical (unpaired) electrons. The van der Waals surface area contributed by atoms with Crippen molar-refractivity contribution in [2.75, 3.05) is 5.32 Å². The van der Waals surface area contributed by atoms with E-state index >= 15 is 0 Å². The average molecular weight is 246 g/mol. The maximum absolute atomic E-state index is 11.9. The number of non-ortho nitro benzene ring substituents is 1. The lowest BCUT2D eigenvalue weighted by Gasteiger charge is -2.05. The van der Waals surface area contributed by atoms with Gasteiger partial charge in [0, 0.05) is 23.9 Å². The fourth-order valence-electron chi connectivity index (χ4n) is 1.53. The molecule has 0 saturated carbocycles. The molecule has 1 amide bonds. The van der Waals surface area contributed by atoms with Crippen LogP contribution in [0.4, 0.5) is 11.4 Å². The Morgan fingerprint density at radius 3 is 2.83 bits per heavy atom. The smallest absolute Gasteiger partial charge is 0.269 e. The lowest BCUT2D eigenvalue weighted by molar-refractivity contribution is -0.384. The van der Waals surface area contributed by atoms with Crippen LogP contribution in [0.5, 0.6) is 0 Å². The molecule has 1 aromatic carbocycles. The molecule has 0 aliphatic heterocycles. The number of nitrogens with one attached hydrogen (secondary N) is 2. The second kappa shape index (κ2) is 4.66. The lowest BCUT2D eigenvalue weighted by Crippen LogP contribution is -2.13. The quantitative estimate of drug-likeness (QED) is 0.637. The summed E-state index contributed by atoms with van der Waals surface area (Å²) in [6.07, 6.45) is 3.01. The van der Waals surface area contributed by atoms with Gasteiger partial charge in [-0.3, -0.25) is 20.0 Å². The Kier molecular flexibility index (Phi) is 3.05. The number of aryl methyl sites for hydroxylation is 1. The van der Waals surface area contributed by atoms with Crippen LogP contribution in [0.1, 0.15) is 15.9 Å². The van der Waals surface area contributed by atoms with E-state index in [1.807, 2.05) is 0 Å². The predicted octanol–water partition coefficient (Wildman–Crippen LogP) is 1.88. The summed E-state index contributed by atoms with van der Waals surface area (Å²) in [5.74, 6) is -0.330. The molecule has 0 bridgehead atoms. The Morgan fingerprint density at radius 2 is 2.28 bits per heavy atom. The van der Waals surface area contributed by atoms with Gasteiger partial charge in [0.2, 0.25) is 0 Å². The molecule has 0 unspecified atom stereocenters. The summed E-state index contributed by atoms with van der Waals surface area (Å²) in [4.78, 5) is 22.0. The molecule has 2 rings (SSSR count). The van der Waals surface area contributed by atoms with E-state index in [1.54, 1.807) is 13.1 Å². The molecule has 0 fully saturated rings. The summed E-state index contributed by atoms with van der Waals surface area (Å²) < 4.78 is 0. The Morgan fingerprint density at radius 1 is 1.50 bits per heavy atom. The molecule has 7 nitrogen and oxygen atoms in total. The van der Waals surface area contributed by atoms with E-state index in [0.717, 1.165) is 0 Å². The maximum atomic E-state index is 11.9. The number of aromatic nitrogens is 2. The molecular weight excluding hydrogens is 236 g/mol. The summed E-state index contributed by atoms with van der Waals surface area (Å²) in [6, 6.07) is 4.10. The standard InChI is InChI=1S/C11H10N4O3/c1-7-4-9(15(17)18)2-3-10(7)11(16)14-8-5-12-13-6-8/h2-6H,1H3,(H,12,13)(H,14,16). The number of benzene rings is 1. The molecule has 0 aliphatic carbocycles. The van der Waals surface area contributed by atoms with Crippen LogP contribution in [-0.4, -0.2) is 21.0 Å². The van der Waals surface area contributed by atoms with Crippen molar-refractivity contribution in [1.82, 2.24) is 10.2 Å². The van der Waals surface area contributed by atoms with Gasteiger partial charge in [-0.2, -0.15) is 5.10 Å². The number of carbonyl (C=O) groups excluding carboxylic acids is 1. The summed E-state index contributed by atoms with van der Waals surface area (Å²) in [5.41, 5.74) is 1.44. The first-order valence-electron chi connectivity index (χ1n) is 5.13. The third kappa shape index (κ3) is 2.34. The molecule has 0 atom stereocenters. The Labute approximate surface area is 102 Å². The van der Waals surface area contributed by atoms with Crippen molar-refractivity contribution in [2.45, 2.75) is 6.92 Å². The number of rotatable bonds is 3. The molecule has 1 heterocycles. The number of nitro benzene ring substituents is 1. The van der Waals surface area contributed by atoms with E-state index in [2.05, 4.69) is 15.5 Å². The van der Waals surface area contributed by atoms with Crippen LogP contribution in [0.25, 0.3) is 0 Å². The molecule has 7 heteroatoms. The molecule has 92 valence electrons. The van der Waals surface area contributed by atoms with E-state index in [-0.39, 0.29) is 11.6 Å². The highest BCUT2D eigenvalue weighted by Gasteiger charge is 2.13. The second-order valence-electron chi connectivity index (χ2n) is 3.70. The van der Waals surface area contributed by atoms with Crippen molar-refractivity contribution in [2.24, 2.45) is 0 Å². The average Bonchev–Trinajstić information content (AvgIpc) is 2.81. The molecule has 2 N–H and O–H groups in total. The van der Waals surface area contributed by atoms with Crippen molar-refractivity contribution in [1.29, 1.82) is 0 Å². The lowest BCUT2D eigenvalue weighted by atomic mass is 10.1. The number of H-pyrrole nitrogens is 1. The van der Waals surface area contributed by atoms with Crippen LogP contribution < -0.4 is 5.32 Å². The van der Waals surface area contributed by atoms with E-state index < -0.39 is 4.92 Å². The van der Waals surface area contributed by atoms with Gasteiger partial charge < -0.3 is 5.32 Å². The zero-order chi connectivity index (χ0) is 13.1. The van der Waals surface area contributed by atoms with Gasteiger partial charge in [-0.05, 0) is 18.6 Å². The molecule has 2 aromatic rings. The zero-order valence-corrected chi connectivity index (χ0v) is 9.51. The molecule has 18 heavy (non-hydrogen) atoms. The van der Waals surface area contributed by atoms with Crippen LogP contribution in [-0.2, 0) is 0 Å². The van der Waals surface area contributed by atoms with Crippen molar-refractivity contribution in [3.8, 4) is 0 Å². The van der Waals surface area contributed by atoms with Crippen LogP contribution in [0, 0.1) is 17.0 Å². The number of nitro groups is 1. The van der Waals surface area contributed by atoms with E-state index in [9.17, 15) is 14.9 Å². The summed E-state index contributed by atoms with van der Waals surface area (Å²) in [5, 5.41) is 19.5. The summed E-state index contributed by atoms with van der Waals surface area (Å²) in [7, 11) is 0. The van der Waals surface area contributed by atoms with Crippen LogP contribution in [0.15, 0.2) is 30.6 Å². The predicted molar refractivity (Wildman–Crippen MR) is 64.4 cm³/mol. The molecule has 1 aromatic heterocycles. The highest BCUT2D eigenvalue weighted by Crippen LogP contribution is 2.18. The van der Waals surface area contributed by atoms with Crippen molar-refractivity contribution in [3.05, 3.63) is 51.8 Å². The maximum Gasteiger partial charge on any atom is 0.269 e. The number of nitrogens with zero attached hydrogens (tertiary/aromatic N) is 2. The normalized spacial score (nSPS) is 10.1. The van der Waals surface area contributed by atoms with Gasteiger partial charge in [0.05, 0.1) is 16.8 Å². The fourth-order valence-corrected chi connectivity index (χ4v) is 1.53. The van der Waals surface area contributed by atoms with E-state index in [0.29, 0.717) is 16.8 Å². The van der Waals surface area contributed by atoms with E-state index in [1.165, 1.54) is 24.4 Å². The number of hydrogen-bond acceptors (Lipinski definition) is 4. The van der Waals surface area contributed by atoms with Crippen LogP contribution >= 0.6 is 0 Å². The van der Waals surface area contributed by atoms with Gasteiger partial charge in [0.15, 0.2) is 0 Å². The molecule has 0 aliphatic rings. The first-order chi connectivity index (χ1) is 8.58. The number of carbonyl (C=O) groups is 1. The van der Waals surface area contributed by atoms with Crippen molar-refractivity contribution in [3.63, 3.8) is 0 Å². The topological polar surface area (TPSA) is 101 Å². The first kappa shape index (κ1) is 11.8. The fraction of sp³-hybridized carbons (Fsp3) is 0.0909. The van der Waals surface area contributed by atoms with E-state index in [4.69, 9.17) is 0 Å². The Hall–Kier alpha value is -2.70. The molecular formula is C11H10N4O3. The molecule has 0 saturated heterocycles. The van der Waals surface area contributed by atoms with Gasteiger partial charge in [0.1, 0.15) is 0 Å². The summed E-state index contributed by atoms with van der Waals surface area (Å²) in [6.45, 7) is 1.65. The highest BCUT2D eigenvalue weighted by molar-refractivity contribution is 6.05. The number of amides is 1. The first-order valence-corrected chi connectivity index (χ1v) is 5.13. The van der Waals surface area contributed by atoms with Gasteiger partial charge in [-0.1, -0.05) is 0 Å². The molecule has 0 spiro atoms. The summed E-state index contributed by atoms with van der Waals surface area (Å²) >= 11 is 0. The SMILES string of the molecule is Cc1cc([N+](=O)[O-])ccc1C(=O)Nc1cn[nH]c1. The number of hydrogen-bond donors (Lipinski definition) is 2. The monoisotopic (exact) mass is 246 g/mol. The van der Waals surface area contributed by atoms with Gasteiger partial charge in [-0.15, -0.1) is 0 Å². The third-order valence-electron chi connectivity index (χ3n) is 2.42. The van der Waals surface area contributed by atoms with Gasteiger partial charge in [-0.25, -0.2) is 0 Å². The minimum Gasteiger partial charge on any atom is -0.319 e. The minimum absolute atomic E-state index is 0.0349. The van der Waals surface area contributed by atoms with Gasteiger partial charge in [0.25, 0.3) is 11.6 Å². The Bertz CT molecular complexity index is 592. The van der Waals surface area contributed by atoms with Crippen LogP contribution in [0.2, 0.25) is 0 Å². The number of anilines is 1. The van der Waals surface area contributed by atoms with Crippen molar-refractivity contribution < 1.29 is 9.72 Å². The Balaban J connectivity index is 2.23. The second-order valence-corrected chi connectivity index (χ2v) is 3.70. The van der Waals surface area contributed by atoms with Crippen LogP contribution in [0.3, 0.4) is 0 Å². The minimum atomic E-state index is -0.495. The van der Waals surface area contributed by atoms with Gasteiger partial charge >= 0.3 is 0 Å². The third-order valence-corrected chi connectivity index (χ3v) is 2.42. The number of aromatic amines is 1. The zero-order valence-electron chi connectivity index (χ0n) is 9.51. The highest BCUT2D eigenvalue weighted by atomic mass is 16.6. The van der Waals surface area contributed by atoms with Crippen molar-refractivity contribution >= 4 is 17.3 Å².